The van der Waals surface area contributed by atoms with Crippen LogP contribution in [-0.2, 0) is 17.8 Å². The molecule has 0 bridgehead atoms. The van der Waals surface area contributed by atoms with Crippen molar-refractivity contribution in [3.05, 3.63) is 95.3 Å². The van der Waals surface area contributed by atoms with E-state index in [-0.39, 0.29) is 12.2 Å². The van der Waals surface area contributed by atoms with Crippen LogP contribution in [0.4, 0.5) is 19.3 Å². The zero-order valence-corrected chi connectivity index (χ0v) is 14.4. The van der Waals surface area contributed by atoms with Crippen LogP contribution in [0.25, 0.3) is 0 Å². The predicted octanol–water partition coefficient (Wildman–Crippen LogP) is 5.36. The number of alkyl halides is 2. The fraction of sp³-hybridized carbons (Fsp3) is 0.143. The molecule has 27 heavy (non-hydrogen) atoms. The smallest absolute Gasteiger partial charge is 0.411 e. The molecule has 0 aliphatic carbocycles. The molecule has 0 atom stereocenters. The van der Waals surface area contributed by atoms with Gasteiger partial charge in [0, 0.05) is 23.6 Å². The summed E-state index contributed by atoms with van der Waals surface area (Å²) >= 11 is 0. The minimum absolute atomic E-state index is 0.00940. The van der Waals surface area contributed by atoms with Crippen molar-refractivity contribution in [3.8, 4) is 0 Å². The molecular weight excluding hydrogens is 350 g/mol. The summed E-state index contributed by atoms with van der Waals surface area (Å²) in [4.78, 5) is 15.9. The van der Waals surface area contributed by atoms with Crippen LogP contribution in [0.15, 0.2) is 73.1 Å². The molecule has 4 nitrogen and oxygen atoms in total. The number of aromatic nitrogens is 1. The number of halogens is 2. The Kier molecular flexibility index (Phi) is 6.10. The van der Waals surface area contributed by atoms with Crippen LogP contribution < -0.4 is 5.32 Å². The van der Waals surface area contributed by atoms with Crippen LogP contribution in [0.1, 0.15) is 28.7 Å². The number of benzene rings is 2. The quantitative estimate of drug-likeness (QED) is 0.637. The molecule has 0 radical (unpaired) electrons. The first-order chi connectivity index (χ1) is 13.1. The van der Waals surface area contributed by atoms with Gasteiger partial charge in [0.05, 0.1) is 0 Å². The molecule has 0 unspecified atom stereocenters. The normalized spacial score (nSPS) is 10.6. The molecule has 0 spiro atoms. The van der Waals surface area contributed by atoms with Crippen molar-refractivity contribution < 1.29 is 18.3 Å². The summed E-state index contributed by atoms with van der Waals surface area (Å²) in [6.45, 7) is 0.00940. The molecule has 1 N–H and O–H groups in total. The summed E-state index contributed by atoms with van der Waals surface area (Å²) in [5.41, 5.74) is 3.46. The Hall–Kier alpha value is -3.28. The Labute approximate surface area is 155 Å². The van der Waals surface area contributed by atoms with E-state index in [2.05, 4.69) is 10.3 Å². The highest BCUT2D eigenvalue weighted by molar-refractivity contribution is 5.84. The van der Waals surface area contributed by atoms with Gasteiger partial charge in [-0.2, -0.15) is 0 Å². The largest absolute Gasteiger partial charge is 0.444 e. The number of anilines is 1. The van der Waals surface area contributed by atoms with Crippen LogP contribution in [0.2, 0.25) is 0 Å². The molecule has 2 aromatic carbocycles. The van der Waals surface area contributed by atoms with E-state index in [9.17, 15) is 13.6 Å². The maximum atomic E-state index is 12.5. The van der Waals surface area contributed by atoms with E-state index in [0.29, 0.717) is 11.3 Å². The molecule has 0 saturated carbocycles. The monoisotopic (exact) mass is 368 g/mol. The number of nitrogens with zero attached hydrogens (tertiary/aromatic N) is 1. The van der Waals surface area contributed by atoms with Gasteiger partial charge in [0.15, 0.2) is 0 Å². The lowest BCUT2D eigenvalue weighted by Gasteiger charge is -2.09. The molecule has 0 fully saturated rings. The first kappa shape index (κ1) is 18.5. The van der Waals surface area contributed by atoms with Crippen molar-refractivity contribution in [1.29, 1.82) is 0 Å². The van der Waals surface area contributed by atoms with Gasteiger partial charge in [-0.15, -0.1) is 0 Å². The summed E-state index contributed by atoms with van der Waals surface area (Å²) in [6, 6.07) is 17.0. The van der Waals surface area contributed by atoms with E-state index in [1.54, 1.807) is 24.5 Å². The number of carbonyl (C=O) groups excluding carboxylic acids is 1. The predicted molar refractivity (Wildman–Crippen MR) is 98.7 cm³/mol. The van der Waals surface area contributed by atoms with Crippen molar-refractivity contribution in [2.45, 2.75) is 19.5 Å². The molecule has 3 rings (SSSR count). The van der Waals surface area contributed by atoms with Crippen LogP contribution in [0, 0.1) is 0 Å². The first-order valence-corrected chi connectivity index (χ1v) is 8.39. The number of nitrogens with one attached hydrogen (secondary N) is 1. The van der Waals surface area contributed by atoms with Gasteiger partial charge in [-0.05, 0) is 47.4 Å². The fourth-order valence-corrected chi connectivity index (χ4v) is 2.50. The Morgan fingerprint density at radius 3 is 2.11 bits per heavy atom. The molecule has 3 aromatic rings. The molecule has 1 aromatic heterocycles. The fourth-order valence-electron chi connectivity index (χ4n) is 2.50. The highest BCUT2D eigenvalue weighted by atomic mass is 19.3. The van der Waals surface area contributed by atoms with Crippen molar-refractivity contribution in [1.82, 2.24) is 4.98 Å². The number of hydrogen-bond donors (Lipinski definition) is 1. The van der Waals surface area contributed by atoms with Crippen molar-refractivity contribution in [3.63, 3.8) is 0 Å². The third kappa shape index (κ3) is 5.60. The van der Waals surface area contributed by atoms with Crippen molar-refractivity contribution in [2.75, 3.05) is 5.32 Å². The Bertz CT molecular complexity index is 867. The molecular formula is C21H18F2N2O2. The van der Waals surface area contributed by atoms with Gasteiger partial charge in [-0.1, -0.05) is 36.4 Å². The van der Waals surface area contributed by atoms with Gasteiger partial charge in [0.2, 0.25) is 0 Å². The third-order valence-electron chi connectivity index (χ3n) is 3.96. The molecule has 6 heteroatoms. The second kappa shape index (κ2) is 8.89. The SMILES string of the molecule is O=C(Nc1ccc(Cc2ccncc2)cc1)OCc1ccc(C(F)F)cc1. The maximum absolute atomic E-state index is 12.5. The van der Waals surface area contributed by atoms with Crippen LogP contribution in [0.5, 0.6) is 0 Å². The average Bonchev–Trinajstić information content (AvgIpc) is 2.69. The first-order valence-electron chi connectivity index (χ1n) is 8.39. The maximum Gasteiger partial charge on any atom is 0.411 e. The number of amides is 1. The third-order valence-corrected chi connectivity index (χ3v) is 3.96. The lowest BCUT2D eigenvalue weighted by Crippen LogP contribution is -2.13. The average molecular weight is 368 g/mol. The number of ether oxygens (including phenoxy) is 1. The Morgan fingerprint density at radius 1 is 0.889 bits per heavy atom. The Balaban J connectivity index is 1.49. The Morgan fingerprint density at radius 2 is 1.48 bits per heavy atom. The number of carbonyl (C=O) groups is 1. The topological polar surface area (TPSA) is 51.2 Å². The van der Waals surface area contributed by atoms with Crippen LogP contribution in [0.3, 0.4) is 0 Å². The molecule has 1 amide bonds. The van der Waals surface area contributed by atoms with Gasteiger partial charge in [-0.3, -0.25) is 10.3 Å². The van der Waals surface area contributed by atoms with Gasteiger partial charge in [0.25, 0.3) is 6.43 Å². The standard InChI is InChI=1S/C21H18F2N2O2/c22-20(23)18-5-1-17(2-6-18)14-27-21(26)25-19-7-3-15(4-8-19)13-16-9-11-24-12-10-16/h1-12,20H,13-14H2,(H,25,26). The molecule has 0 aliphatic heterocycles. The van der Waals surface area contributed by atoms with Crippen LogP contribution in [-0.4, -0.2) is 11.1 Å². The molecule has 0 aliphatic rings. The molecule has 0 saturated heterocycles. The number of rotatable bonds is 6. The van der Waals surface area contributed by atoms with Gasteiger partial charge >= 0.3 is 6.09 Å². The summed E-state index contributed by atoms with van der Waals surface area (Å²) in [5.74, 6) is 0. The minimum Gasteiger partial charge on any atom is -0.444 e. The van der Waals surface area contributed by atoms with E-state index >= 15 is 0 Å². The highest BCUT2D eigenvalue weighted by Crippen LogP contribution is 2.19. The van der Waals surface area contributed by atoms with Crippen LogP contribution >= 0.6 is 0 Å². The number of pyridine rings is 1. The highest BCUT2D eigenvalue weighted by Gasteiger charge is 2.08. The number of hydrogen-bond acceptors (Lipinski definition) is 3. The second-order valence-electron chi connectivity index (χ2n) is 5.97. The summed E-state index contributed by atoms with van der Waals surface area (Å²) in [5, 5.41) is 2.64. The minimum atomic E-state index is -2.51. The zero-order chi connectivity index (χ0) is 19.1. The van der Waals surface area contributed by atoms with Gasteiger partial charge < -0.3 is 4.74 Å². The van der Waals surface area contributed by atoms with Gasteiger partial charge in [0.1, 0.15) is 6.61 Å². The summed E-state index contributed by atoms with van der Waals surface area (Å²) < 4.78 is 30.1. The van der Waals surface area contributed by atoms with Crippen molar-refractivity contribution >= 4 is 11.8 Å². The van der Waals surface area contributed by atoms with E-state index in [1.165, 1.54) is 24.3 Å². The van der Waals surface area contributed by atoms with E-state index in [4.69, 9.17) is 4.74 Å². The lowest BCUT2D eigenvalue weighted by atomic mass is 10.1. The molecule has 1 heterocycles. The van der Waals surface area contributed by atoms with E-state index in [0.717, 1.165) is 17.5 Å². The van der Waals surface area contributed by atoms with E-state index < -0.39 is 12.5 Å². The lowest BCUT2D eigenvalue weighted by molar-refractivity contribution is 0.150. The zero-order valence-electron chi connectivity index (χ0n) is 14.4. The molecule has 138 valence electrons. The second-order valence-corrected chi connectivity index (χ2v) is 5.97. The van der Waals surface area contributed by atoms with Crippen molar-refractivity contribution in [2.24, 2.45) is 0 Å². The summed E-state index contributed by atoms with van der Waals surface area (Å²) in [6.07, 6.45) is 1.17. The summed E-state index contributed by atoms with van der Waals surface area (Å²) in [7, 11) is 0. The van der Waals surface area contributed by atoms with E-state index in [1.807, 2.05) is 24.3 Å². The van der Waals surface area contributed by atoms with Gasteiger partial charge in [-0.25, -0.2) is 13.6 Å².